The molecule has 0 saturated carbocycles. The molecule has 4 nitrogen and oxygen atoms in total. The first-order valence-electron chi connectivity index (χ1n) is 26.5. The van der Waals surface area contributed by atoms with Crippen molar-refractivity contribution in [1.82, 2.24) is 0 Å². The Labute approximate surface area is 448 Å². The first-order valence-corrected chi connectivity index (χ1v) is 26.5. The maximum absolute atomic E-state index is 2.47. The van der Waals surface area contributed by atoms with Gasteiger partial charge in [0.15, 0.2) is 0 Å². The van der Waals surface area contributed by atoms with Crippen molar-refractivity contribution in [2.75, 3.05) is 19.6 Å². The third kappa shape index (κ3) is 8.86. The van der Waals surface area contributed by atoms with Gasteiger partial charge in [0, 0.05) is 77.8 Å². The minimum atomic E-state index is 1.09. The molecule has 0 radical (unpaired) electrons. The highest BCUT2D eigenvalue weighted by molar-refractivity contribution is 6.33. The minimum Gasteiger partial charge on any atom is -0.310 e. The SMILES string of the molecule is Cc1ccc(N(c2ccc(C)cc2)c2cc(N(c3ccc(C)cc3)c3ccc(C)cc3)c3ccc4c(N(c5ccc(C)cc5)c5ccc(C)cc5)cc(N(c5ccc(C)cc5)c5ccc(C)cc5)c5ccc2c3c54)cc1. The monoisotopic (exact) mass is 982 g/mol. The molecular weight excluding hydrogens is 921 g/mol. The van der Waals surface area contributed by atoms with E-state index < -0.39 is 0 Å². The molecule has 0 aliphatic carbocycles. The zero-order chi connectivity index (χ0) is 52.2. The molecule has 12 rings (SSSR count). The van der Waals surface area contributed by atoms with E-state index in [4.69, 9.17) is 0 Å². The summed E-state index contributed by atoms with van der Waals surface area (Å²) in [5.41, 5.74) is 22.8. The number of anilines is 12. The molecule has 4 heteroatoms. The highest BCUT2D eigenvalue weighted by Gasteiger charge is 2.29. The van der Waals surface area contributed by atoms with Gasteiger partial charge in [0.1, 0.15) is 0 Å². The predicted molar refractivity (Wildman–Crippen MR) is 327 cm³/mol. The molecular formula is C72H62N4. The summed E-state index contributed by atoms with van der Waals surface area (Å²) in [4.78, 5) is 9.87. The average Bonchev–Trinajstić information content (AvgIpc) is 3.58. The standard InChI is InChI=1S/C72H62N4/c1-47-9-25-55(26-10-47)73(56-27-11-48(2)12-28-56)67-45-68(74(57-29-13-49(3)14-30-57)58-31-15-50(4)16-32-58)64-43-44-66-70(76(61-37-21-53(7)22-38-61)62-39-23-54(8)24-40-62)46-69(65-42-41-63(67)71(64)72(65)66)75(59-33-17-51(5)18-34-59)60-35-19-52(6)20-36-60/h9-46H,1-8H3. The van der Waals surface area contributed by atoms with Crippen LogP contribution in [0.15, 0.2) is 231 Å². The lowest BCUT2D eigenvalue weighted by molar-refractivity contribution is 1.25. The first kappa shape index (κ1) is 47.9. The number of rotatable bonds is 12. The lowest BCUT2D eigenvalue weighted by Crippen LogP contribution is -2.16. The highest BCUT2D eigenvalue weighted by atomic mass is 15.2. The molecule has 0 N–H and O–H groups in total. The molecule has 0 atom stereocenters. The molecule has 0 bridgehead atoms. The van der Waals surface area contributed by atoms with Crippen molar-refractivity contribution in [3.63, 3.8) is 0 Å². The van der Waals surface area contributed by atoms with Gasteiger partial charge in [0.25, 0.3) is 0 Å². The third-order valence-corrected chi connectivity index (χ3v) is 15.1. The van der Waals surface area contributed by atoms with Gasteiger partial charge in [-0.1, -0.05) is 166 Å². The number of nitrogens with zero attached hydrogens (tertiary/aromatic N) is 4. The Kier molecular flexibility index (Phi) is 12.4. The fourth-order valence-corrected chi connectivity index (χ4v) is 10.9. The zero-order valence-corrected chi connectivity index (χ0v) is 44.7. The molecule has 76 heavy (non-hydrogen) atoms. The van der Waals surface area contributed by atoms with Crippen LogP contribution in [0.3, 0.4) is 0 Å². The summed E-state index contributed by atoms with van der Waals surface area (Å²) in [6.45, 7) is 17.3. The van der Waals surface area contributed by atoms with Crippen molar-refractivity contribution in [3.8, 4) is 0 Å². The van der Waals surface area contributed by atoms with E-state index in [1.807, 2.05) is 0 Å². The average molecular weight is 983 g/mol. The highest BCUT2D eigenvalue weighted by Crippen LogP contribution is 2.55. The first-order chi connectivity index (χ1) is 36.9. The van der Waals surface area contributed by atoms with Crippen LogP contribution in [0, 0.1) is 55.4 Å². The van der Waals surface area contributed by atoms with Gasteiger partial charge in [-0.25, -0.2) is 0 Å². The van der Waals surface area contributed by atoms with Crippen LogP contribution in [0.25, 0.3) is 32.3 Å². The van der Waals surface area contributed by atoms with Crippen LogP contribution in [-0.2, 0) is 0 Å². The van der Waals surface area contributed by atoms with Gasteiger partial charge in [0.05, 0.1) is 22.7 Å². The third-order valence-electron chi connectivity index (χ3n) is 15.1. The predicted octanol–water partition coefficient (Wildman–Crippen LogP) is 20.9. The topological polar surface area (TPSA) is 13.0 Å². The van der Waals surface area contributed by atoms with E-state index in [0.717, 1.165) is 89.8 Å². The second kappa shape index (κ2) is 19.6. The van der Waals surface area contributed by atoms with Crippen molar-refractivity contribution < 1.29 is 0 Å². The van der Waals surface area contributed by atoms with E-state index in [1.165, 1.54) is 55.3 Å². The van der Waals surface area contributed by atoms with Crippen molar-refractivity contribution in [1.29, 1.82) is 0 Å². The van der Waals surface area contributed by atoms with Gasteiger partial charge >= 0.3 is 0 Å². The molecule has 0 aromatic heterocycles. The van der Waals surface area contributed by atoms with Crippen LogP contribution in [0.2, 0.25) is 0 Å². The molecule has 0 spiro atoms. The van der Waals surface area contributed by atoms with Crippen LogP contribution in [0.5, 0.6) is 0 Å². The lowest BCUT2D eigenvalue weighted by atomic mass is 9.89. The molecule has 0 heterocycles. The van der Waals surface area contributed by atoms with Gasteiger partial charge in [-0.3, -0.25) is 0 Å². The van der Waals surface area contributed by atoms with Gasteiger partial charge in [0.2, 0.25) is 0 Å². The van der Waals surface area contributed by atoms with Crippen molar-refractivity contribution >= 4 is 101 Å². The van der Waals surface area contributed by atoms with Gasteiger partial charge in [-0.2, -0.15) is 0 Å². The quantitative estimate of drug-likeness (QED) is 0.113. The maximum atomic E-state index is 2.47. The summed E-state index contributed by atoms with van der Waals surface area (Å²) in [5, 5.41) is 7.01. The summed E-state index contributed by atoms with van der Waals surface area (Å²) < 4.78 is 0. The zero-order valence-electron chi connectivity index (χ0n) is 44.7. The Hall–Kier alpha value is -9.12. The van der Waals surface area contributed by atoms with Crippen molar-refractivity contribution in [3.05, 3.63) is 275 Å². The van der Waals surface area contributed by atoms with Crippen molar-refractivity contribution in [2.24, 2.45) is 0 Å². The smallest absolute Gasteiger partial charge is 0.0561 e. The number of hydrogen-bond acceptors (Lipinski definition) is 4. The fourth-order valence-electron chi connectivity index (χ4n) is 10.9. The van der Waals surface area contributed by atoms with Crippen LogP contribution in [0.4, 0.5) is 68.2 Å². The van der Waals surface area contributed by atoms with Crippen LogP contribution >= 0.6 is 0 Å². The Balaban J connectivity index is 1.29. The van der Waals surface area contributed by atoms with Gasteiger partial charge in [-0.15, -0.1) is 0 Å². The molecule has 370 valence electrons. The number of benzene rings is 12. The number of aryl methyl sites for hydroxylation is 8. The Bertz CT molecular complexity index is 3300. The van der Waals surface area contributed by atoms with Crippen molar-refractivity contribution in [2.45, 2.75) is 55.4 Å². The van der Waals surface area contributed by atoms with Crippen LogP contribution < -0.4 is 19.6 Å². The summed E-state index contributed by atoms with van der Waals surface area (Å²) >= 11 is 0. The molecule has 12 aromatic rings. The second-order valence-electron chi connectivity index (χ2n) is 20.9. The molecule has 12 aromatic carbocycles. The Morgan fingerprint density at radius 3 is 0.434 bits per heavy atom. The molecule has 0 aliphatic heterocycles. The lowest BCUT2D eigenvalue weighted by Gasteiger charge is -2.34. The van der Waals surface area contributed by atoms with Gasteiger partial charge < -0.3 is 19.6 Å². The normalized spacial score (nSPS) is 11.4. The summed E-state index contributed by atoms with van der Waals surface area (Å²) in [6.07, 6.45) is 0. The van der Waals surface area contributed by atoms with E-state index in [0.29, 0.717) is 0 Å². The fraction of sp³-hybridized carbons (Fsp3) is 0.111. The Morgan fingerprint density at radius 2 is 0.303 bits per heavy atom. The molecule has 0 amide bonds. The number of hydrogen-bond donors (Lipinski definition) is 0. The van der Waals surface area contributed by atoms with E-state index >= 15 is 0 Å². The molecule has 0 saturated heterocycles. The Morgan fingerprint density at radius 1 is 0.171 bits per heavy atom. The molecule has 0 unspecified atom stereocenters. The second-order valence-corrected chi connectivity index (χ2v) is 20.9. The van der Waals surface area contributed by atoms with E-state index in [9.17, 15) is 0 Å². The maximum Gasteiger partial charge on any atom is 0.0561 e. The van der Waals surface area contributed by atoms with E-state index in [-0.39, 0.29) is 0 Å². The van der Waals surface area contributed by atoms with Crippen LogP contribution in [0.1, 0.15) is 44.5 Å². The van der Waals surface area contributed by atoms with Gasteiger partial charge in [-0.05, 0) is 165 Å². The van der Waals surface area contributed by atoms with Crippen LogP contribution in [-0.4, -0.2) is 0 Å². The summed E-state index contributed by atoms with van der Waals surface area (Å²) in [6, 6.07) is 86.4. The molecule has 0 fully saturated rings. The summed E-state index contributed by atoms with van der Waals surface area (Å²) in [7, 11) is 0. The molecule has 0 aliphatic rings. The summed E-state index contributed by atoms with van der Waals surface area (Å²) in [5.74, 6) is 0. The van der Waals surface area contributed by atoms with E-state index in [2.05, 4.69) is 306 Å². The largest absolute Gasteiger partial charge is 0.310 e. The minimum absolute atomic E-state index is 1.09. The van der Waals surface area contributed by atoms with E-state index in [1.54, 1.807) is 0 Å².